The van der Waals surface area contributed by atoms with Gasteiger partial charge in [-0.05, 0) is 61.9 Å². The van der Waals surface area contributed by atoms with Crippen LogP contribution in [0.1, 0.15) is 29.8 Å². The number of carbonyl (C=O) groups is 1. The van der Waals surface area contributed by atoms with E-state index in [9.17, 15) is 17.6 Å². The van der Waals surface area contributed by atoms with E-state index >= 15 is 0 Å². The van der Waals surface area contributed by atoms with Crippen molar-refractivity contribution in [2.75, 3.05) is 7.11 Å². The summed E-state index contributed by atoms with van der Waals surface area (Å²) in [7, 11) is -2.54. The lowest BCUT2D eigenvalue weighted by Gasteiger charge is -2.14. The van der Waals surface area contributed by atoms with Crippen molar-refractivity contribution in [3.63, 3.8) is 0 Å². The van der Waals surface area contributed by atoms with Crippen LogP contribution in [-0.2, 0) is 16.6 Å². The average Bonchev–Trinajstić information content (AvgIpc) is 2.78. The minimum Gasteiger partial charge on any atom is -0.495 e. The van der Waals surface area contributed by atoms with E-state index in [1.807, 2.05) is 0 Å². The van der Waals surface area contributed by atoms with Gasteiger partial charge in [-0.2, -0.15) is 0 Å². The molecule has 2 N–H and O–H groups in total. The number of methoxy groups -OCH3 is 1. The number of aromatic nitrogens is 1. The first-order valence-corrected chi connectivity index (χ1v) is 11.5. The number of nitrogens with zero attached hydrogens (tertiary/aromatic N) is 1. The Morgan fingerprint density at radius 1 is 1.12 bits per heavy atom. The van der Waals surface area contributed by atoms with E-state index in [0.717, 1.165) is 0 Å². The van der Waals surface area contributed by atoms with E-state index < -0.39 is 21.7 Å². The average molecular weight is 474 g/mol. The third-order valence-electron chi connectivity index (χ3n) is 4.42. The number of hydrogen-bond acceptors (Lipinski definition) is 6. The third-order valence-corrected chi connectivity index (χ3v) is 6.10. The summed E-state index contributed by atoms with van der Waals surface area (Å²) in [6.45, 7) is 3.40. The summed E-state index contributed by atoms with van der Waals surface area (Å²) in [5.41, 5.74) is 0.624. The van der Waals surface area contributed by atoms with Crippen molar-refractivity contribution in [3.8, 4) is 17.2 Å². The number of benzene rings is 2. The van der Waals surface area contributed by atoms with Crippen LogP contribution in [0, 0.1) is 5.82 Å². The molecule has 174 valence electrons. The molecule has 0 fully saturated rings. The fourth-order valence-electron chi connectivity index (χ4n) is 2.96. The highest BCUT2D eigenvalue weighted by Gasteiger charge is 2.22. The lowest BCUT2D eigenvalue weighted by atomic mass is 10.1. The number of pyridine rings is 1. The number of amides is 1. The van der Waals surface area contributed by atoms with Gasteiger partial charge in [-0.25, -0.2) is 17.5 Å². The summed E-state index contributed by atoms with van der Waals surface area (Å²) in [6, 6.07) is 11.4. The lowest BCUT2D eigenvalue weighted by molar-refractivity contribution is 0.0950. The molecule has 0 unspecified atom stereocenters. The largest absolute Gasteiger partial charge is 0.495 e. The fourth-order valence-corrected chi connectivity index (χ4v) is 4.40. The molecule has 2 aromatic carbocycles. The predicted octanol–water partition coefficient (Wildman–Crippen LogP) is 3.64. The van der Waals surface area contributed by atoms with Crippen molar-refractivity contribution in [2.45, 2.75) is 31.3 Å². The van der Waals surface area contributed by atoms with Crippen LogP contribution in [0.3, 0.4) is 0 Å². The highest BCUT2D eigenvalue weighted by atomic mass is 32.2. The summed E-state index contributed by atoms with van der Waals surface area (Å²) in [4.78, 5) is 16.4. The maximum absolute atomic E-state index is 14.4. The number of nitrogens with one attached hydrogen (secondary N) is 2. The SMILES string of the molecule is COc1ccc(C(=O)NCc2ccc(Oc3cccnc3)c(F)c2)cc1S(=O)(=O)NC(C)C. The Hall–Kier alpha value is -3.50. The summed E-state index contributed by atoms with van der Waals surface area (Å²) < 4.78 is 52.7. The second-order valence-corrected chi connectivity index (χ2v) is 9.06. The van der Waals surface area contributed by atoms with E-state index in [1.54, 1.807) is 38.2 Å². The van der Waals surface area contributed by atoms with Crippen molar-refractivity contribution in [3.05, 3.63) is 77.9 Å². The quantitative estimate of drug-likeness (QED) is 0.492. The van der Waals surface area contributed by atoms with Gasteiger partial charge in [0.25, 0.3) is 5.91 Å². The third kappa shape index (κ3) is 6.27. The maximum atomic E-state index is 14.4. The van der Waals surface area contributed by atoms with Crippen molar-refractivity contribution < 1.29 is 27.1 Å². The van der Waals surface area contributed by atoms with Gasteiger partial charge in [0.05, 0.1) is 13.3 Å². The Bertz CT molecular complexity index is 1230. The van der Waals surface area contributed by atoms with Crippen LogP contribution in [0.4, 0.5) is 4.39 Å². The molecule has 0 atom stereocenters. The van der Waals surface area contributed by atoms with Gasteiger partial charge in [0.2, 0.25) is 10.0 Å². The second-order valence-electron chi connectivity index (χ2n) is 7.38. The van der Waals surface area contributed by atoms with Crippen LogP contribution in [0.5, 0.6) is 17.2 Å². The van der Waals surface area contributed by atoms with Crippen LogP contribution in [0.15, 0.2) is 65.8 Å². The van der Waals surface area contributed by atoms with Crippen LogP contribution < -0.4 is 19.5 Å². The molecule has 0 saturated heterocycles. The molecule has 0 aliphatic carbocycles. The topological polar surface area (TPSA) is 107 Å². The van der Waals surface area contributed by atoms with Crippen LogP contribution in [0.25, 0.3) is 0 Å². The predicted molar refractivity (Wildman–Crippen MR) is 120 cm³/mol. The second kappa shape index (κ2) is 10.4. The first kappa shape index (κ1) is 24.1. The van der Waals surface area contributed by atoms with Gasteiger partial charge in [0, 0.05) is 24.3 Å². The van der Waals surface area contributed by atoms with E-state index in [4.69, 9.17) is 9.47 Å². The Balaban J connectivity index is 1.72. The lowest BCUT2D eigenvalue weighted by Crippen LogP contribution is -2.31. The van der Waals surface area contributed by atoms with Crippen LogP contribution in [0.2, 0.25) is 0 Å². The molecule has 0 bridgehead atoms. The normalized spacial score (nSPS) is 11.3. The molecule has 3 aromatic rings. The molecule has 0 spiro atoms. The molecule has 0 aliphatic rings. The number of halogens is 1. The molecule has 3 rings (SSSR count). The monoisotopic (exact) mass is 473 g/mol. The zero-order chi connectivity index (χ0) is 24.0. The van der Waals surface area contributed by atoms with Crippen molar-refractivity contribution in [1.29, 1.82) is 0 Å². The number of rotatable bonds is 9. The molecular weight excluding hydrogens is 449 g/mol. The molecule has 10 heteroatoms. The summed E-state index contributed by atoms with van der Waals surface area (Å²) in [5, 5.41) is 2.66. The first-order valence-electron chi connectivity index (χ1n) is 10.0. The molecule has 0 saturated carbocycles. The van der Waals surface area contributed by atoms with E-state index in [2.05, 4.69) is 15.0 Å². The Morgan fingerprint density at radius 2 is 1.88 bits per heavy atom. The Kier molecular flexibility index (Phi) is 7.62. The summed E-state index contributed by atoms with van der Waals surface area (Å²) in [6.07, 6.45) is 3.05. The van der Waals surface area contributed by atoms with Gasteiger partial charge in [0.15, 0.2) is 11.6 Å². The van der Waals surface area contributed by atoms with Gasteiger partial charge < -0.3 is 14.8 Å². The zero-order valence-electron chi connectivity index (χ0n) is 18.3. The zero-order valence-corrected chi connectivity index (χ0v) is 19.1. The standard InChI is InChI=1S/C23H24FN3O5S/c1-15(2)27-33(29,30)22-12-17(7-9-21(22)31-3)23(28)26-13-16-6-8-20(19(24)11-16)32-18-5-4-10-25-14-18/h4-12,14-15,27H,13H2,1-3H3,(H,26,28). The minimum absolute atomic E-state index is 0.0285. The van der Waals surface area contributed by atoms with E-state index in [-0.39, 0.29) is 34.5 Å². The Morgan fingerprint density at radius 3 is 2.52 bits per heavy atom. The van der Waals surface area contributed by atoms with E-state index in [0.29, 0.717) is 11.3 Å². The van der Waals surface area contributed by atoms with Crippen molar-refractivity contribution in [2.24, 2.45) is 0 Å². The van der Waals surface area contributed by atoms with Gasteiger partial charge in [-0.3, -0.25) is 9.78 Å². The molecular formula is C23H24FN3O5S. The van der Waals surface area contributed by atoms with Gasteiger partial charge in [-0.15, -0.1) is 0 Å². The smallest absolute Gasteiger partial charge is 0.251 e. The molecule has 8 nitrogen and oxygen atoms in total. The number of ether oxygens (including phenoxy) is 2. The van der Waals surface area contributed by atoms with Crippen molar-refractivity contribution >= 4 is 15.9 Å². The van der Waals surface area contributed by atoms with Gasteiger partial charge in [0.1, 0.15) is 16.4 Å². The molecule has 33 heavy (non-hydrogen) atoms. The number of carbonyl (C=O) groups excluding carboxylic acids is 1. The van der Waals surface area contributed by atoms with Crippen molar-refractivity contribution in [1.82, 2.24) is 15.0 Å². The molecule has 0 aliphatic heterocycles. The molecule has 0 radical (unpaired) electrons. The number of hydrogen-bond donors (Lipinski definition) is 2. The molecule has 1 amide bonds. The molecule has 1 heterocycles. The number of sulfonamides is 1. The van der Waals surface area contributed by atoms with Gasteiger partial charge in [-0.1, -0.05) is 6.07 Å². The van der Waals surface area contributed by atoms with Gasteiger partial charge >= 0.3 is 0 Å². The Labute approximate surface area is 191 Å². The summed E-state index contributed by atoms with van der Waals surface area (Å²) in [5.74, 6) is -0.570. The first-order chi connectivity index (χ1) is 15.7. The van der Waals surface area contributed by atoms with E-state index in [1.165, 1.54) is 43.6 Å². The van der Waals surface area contributed by atoms with Crippen LogP contribution >= 0.6 is 0 Å². The fraction of sp³-hybridized carbons (Fsp3) is 0.217. The highest BCUT2D eigenvalue weighted by Crippen LogP contribution is 2.26. The maximum Gasteiger partial charge on any atom is 0.251 e. The molecule has 1 aromatic heterocycles. The summed E-state index contributed by atoms with van der Waals surface area (Å²) >= 11 is 0. The van der Waals surface area contributed by atoms with Crippen LogP contribution in [-0.4, -0.2) is 32.5 Å². The highest BCUT2D eigenvalue weighted by molar-refractivity contribution is 7.89. The minimum atomic E-state index is -3.88.